The van der Waals surface area contributed by atoms with Crippen LogP contribution in [0.4, 0.5) is 0 Å². The first kappa shape index (κ1) is 14.5. The summed E-state index contributed by atoms with van der Waals surface area (Å²) in [6, 6.07) is 2.60. The van der Waals surface area contributed by atoms with Crippen molar-refractivity contribution < 1.29 is 13.2 Å². The van der Waals surface area contributed by atoms with Crippen molar-refractivity contribution in [2.45, 2.75) is 11.3 Å². The van der Waals surface area contributed by atoms with Crippen LogP contribution >= 0.6 is 33.9 Å². The second-order valence-electron chi connectivity index (χ2n) is 2.93. The molecule has 92 valence electrons. The number of benzene rings is 1. The molecule has 17 heavy (non-hydrogen) atoms. The zero-order chi connectivity index (χ0) is 13.1. The van der Waals surface area contributed by atoms with E-state index in [2.05, 4.69) is 5.92 Å². The molecule has 0 aromatic heterocycles. The van der Waals surface area contributed by atoms with Gasteiger partial charge in [0.25, 0.3) is 9.05 Å². The van der Waals surface area contributed by atoms with Crippen LogP contribution in [-0.4, -0.2) is 15.0 Å². The van der Waals surface area contributed by atoms with Gasteiger partial charge in [-0.2, -0.15) is 0 Å². The maximum atomic E-state index is 11.1. The van der Waals surface area contributed by atoms with E-state index in [4.69, 9.17) is 45.0 Å². The third kappa shape index (κ3) is 3.68. The zero-order valence-corrected chi connectivity index (χ0v) is 11.5. The highest BCUT2D eigenvalue weighted by molar-refractivity contribution is 8.13. The van der Waals surface area contributed by atoms with E-state index < -0.39 is 9.05 Å². The lowest BCUT2D eigenvalue weighted by Crippen LogP contribution is -1.99. The average Bonchev–Trinajstić information content (AvgIpc) is 2.23. The summed E-state index contributed by atoms with van der Waals surface area (Å²) in [6.07, 6.45) is 5.46. The first-order valence-electron chi connectivity index (χ1n) is 4.37. The molecule has 1 aromatic rings. The topological polar surface area (TPSA) is 43.4 Å². The Labute approximate surface area is 114 Å². The van der Waals surface area contributed by atoms with Gasteiger partial charge in [0.05, 0.1) is 11.6 Å². The van der Waals surface area contributed by atoms with Crippen LogP contribution in [0, 0.1) is 12.3 Å². The number of hydrogen-bond acceptors (Lipinski definition) is 3. The quantitative estimate of drug-likeness (QED) is 0.486. The Kier molecular flexibility index (Phi) is 4.96. The predicted molar refractivity (Wildman–Crippen MR) is 68.4 cm³/mol. The molecule has 0 aliphatic rings. The smallest absolute Gasteiger partial charge is 0.262 e. The monoisotopic (exact) mass is 312 g/mol. The lowest BCUT2D eigenvalue weighted by Gasteiger charge is -2.09. The molecule has 0 aliphatic carbocycles. The Morgan fingerprint density at radius 3 is 2.47 bits per heavy atom. The predicted octanol–water partition coefficient (Wildman–Crippen LogP) is 3.32. The van der Waals surface area contributed by atoms with Gasteiger partial charge in [0.1, 0.15) is 15.7 Å². The van der Waals surface area contributed by atoms with Crippen LogP contribution in [0.1, 0.15) is 6.42 Å². The Morgan fingerprint density at radius 2 is 1.94 bits per heavy atom. The van der Waals surface area contributed by atoms with Gasteiger partial charge in [0.2, 0.25) is 0 Å². The van der Waals surface area contributed by atoms with Crippen molar-refractivity contribution in [3.05, 3.63) is 22.2 Å². The molecule has 0 aliphatic heterocycles. The molecular weight excluding hydrogens is 307 g/mol. The lowest BCUT2D eigenvalue weighted by molar-refractivity contribution is 0.327. The van der Waals surface area contributed by atoms with E-state index in [1.165, 1.54) is 12.1 Å². The molecular formula is C10H7Cl3O3S. The highest BCUT2D eigenvalue weighted by Gasteiger charge is 2.19. The first-order chi connectivity index (χ1) is 7.88. The van der Waals surface area contributed by atoms with Gasteiger partial charge < -0.3 is 4.74 Å². The minimum atomic E-state index is -3.93. The van der Waals surface area contributed by atoms with Crippen LogP contribution in [-0.2, 0) is 9.05 Å². The summed E-state index contributed by atoms with van der Waals surface area (Å²) in [5, 5.41) is -0.176. The Balaban J connectivity index is 3.08. The van der Waals surface area contributed by atoms with Gasteiger partial charge in [-0.25, -0.2) is 8.42 Å². The SMILES string of the molecule is C#CCCOc1ccc(S(=O)(=O)Cl)c(Cl)c1Cl. The van der Waals surface area contributed by atoms with Gasteiger partial charge >= 0.3 is 0 Å². The Hall–Kier alpha value is -0.600. The molecule has 0 atom stereocenters. The van der Waals surface area contributed by atoms with E-state index in [9.17, 15) is 8.42 Å². The maximum Gasteiger partial charge on any atom is 0.262 e. The van der Waals surface area contributed by atoms with Crippen LogP contribution in [0.2, 0.25) is 10.0 Å². The number of ether oxygens (including phenoxy) is 1. The second kappa shape index (κ2) is 5.83. The van der Waals surface area contributed by atoms with Crippen LogP contribution in [0.25, 0.3) is 0 Å². The largest absolute Gasteiger partial charge is 0.491 e. The van der Waals surface area contributed by atoms with Crippen molar-refractivity contribution in [1.29, 1.82) is 0 Å². The van der Waals surface area contributed by atoms with Crippen molar-refractivity contribution in [2.24, 2.45) is 0 Å². The third-order valence-electron chi connectivity index (χ3n) is 1.78. The van der Waals surface area contributed by atoms with Crippen LogP contribution in [0.5, 0.6) is 5.75 Å². The van der Waals surface area contributed by atoms with Gasteiger partial charge in [-0.1, -0.05) is 23.2 Å². The fourth-order valence-corrected chi connectivity index (χ4v) is 2.82. The Morgan fingerprint density at radius 1 is 1.29 bits per heavy atom. The third-order valence-corrected chi connectivity index (χ3v) is 4.12. The van der Waals surface area contributed by atoms with Crippen LogP contribution < -0.4 is 4.74 Å². The molecule has 0 N–H and O–H groups in total. The first-order valence-corrected chi connectivity index (χ1v) is 7.43. The summed E-state index contributed by atoms with van der Waals surface area (Å²) in [5.74, 6) is 2.65. The highest BCUT2D eigenvalue weighted by atomic mass is 35.7. The minimum Gasteiger partial charge on any atom is -0.491 e. The number of hydrogen-bond donors (Lipinski definition) is 0. The van der Waals surface area contributed by atoms with E-state index in [1.54, 1.807) is 0 Å². The summed E-state index contributed by atoms with van der Waals surface area (Å²) < 4.78 is 27.5. The summed E-state index contributed by atoms with van der Waals surface area (Å²) in [5.41, 5.74) is 0. The summed E-state index contributed by atoms with van der Waals surface area (Å²) in [6.45, 7) is 0.263. The van der Waals surface area contributed by atoms with Gasteiger partial charge in [0.15, 0.2) is 0 Å². The normalized spacial score (nSPS) is 10.9. The molecule has 0 spiro atoms. The van der Waals surface area contributed by atoms with Gasteiger partial charge in [-0.05, 0) is 12.1 Å². The van der Waals surface area contributed by atoms with Crippen molar-refractivity contribution in [3.8, 4) is 18.1 Å². The molecule has 0 bridgehead atoms. The molecule has 0 saturated heterocycles. The van der Waals surface area contributed by atoms with Crippen molar-refractivity contribution in [3.63, 3.8) is 0 Å². The van der Waals surface area contributed by atoms with Gasteiger partial charge in [-0.3, -0.25) is 0 Å². The molecule has 0 radical (unpaired) electrons. The highest BCUT2D eigenvalue weighted by Crippen LogP contribution is 2.37. The van der Waals surface area contributed by atoms with E-state index in [0.29, 0.717) is 6.42 Å². The fourth-order valence-electron chi connectivity index (χ4n) is 1.03. The summed E-state index contributed by atoms with van der Waals surface area (Å²) in [4.78, 5) is -0.255. The van der Waals surface area contributed by atoms with E-state index >= 15 is 0 Å². The standard InChI is InChI=1S/C10H7Cl3O3S/c1-2-3-6-16-7-4-5-8(17(13,14)15)10(12)9(7)11/h1,4-5H,3,6H2. The molecule has 7 heteroatoms. The molecule has 0 heterocycles. The van der Waals surface area contributed by atoms with E-state index in [1.807, 2.05) is 0 Å². The molecule has 3 nitrogen and oxygen atoms in total. The molecule has 1 aromatic carbocycles. The minimum absolute atomic E-state index is 0.00888. The summed E-state index contributed by atoms with van der Waals surface area (Å²) in [7, 11) is 1.25. The number of rotatable bonds is 4. The number of halogens is 3. The molecule has 1 rings (SSSR count). The van der Waals surface area contributed by atoms with Crippen LogP contribution in [0.15, 0.2) is 17.0 Å². The maximum absolute atomic E-state index is 11.1. The van der Waals surface area contributed by atoms with Gasteiger partial charge in [-0.15, -0.1) is 12.3 Å². The van der Waals surface area contributed by atoms with Crippen molar-refractivity contribution in [1.82, 2.24) is 0 Å². The molecule has 0 fully saturated rings. The van der Waals surface area contributed by atoms with Crippen molar-refractivity contribution >= 4 is 42.9 Å². The molecule has 0 saturated carbocycles. The van der Waals surface area contributed by atoms with Gasteiger partial charge in [0, 0.05) is 17.1 Å². The van der Waals surface area contributed by atoms with E-state index in [0.717, 1.165) is 0 Å². The average molecular weight is 314 g/mol. The lowest BCUT2D eigenvalue weighted by atomic mass is 10.3. The number of terminal acetylenes is 1. The van der Waals surface area contributed by atoms with Crippen LogP contribution in [0.3, 0.4) is 0 Å². The molecule has 0 amide bonds. The fraction of sp³-hybridized carbons (Fsp3) is 0.200. The Bertz CT molecular complexity index is 561. The van der Waals surface area contributed by atoms with E-state index in [-0.39, 0.29) is 27.3 Å². The molecule has 0 unspecified atom stereocenters. The van der Waals surface area contributed by atoms with Crippen molar-refractivity contribution in [2.75, 3.05) is 6.61 Å². The summed E-state index contributed by atoms with van der Waals surface area (Å²) >= 11 is 11.6. The zero-order valence-electron chi connectivity index (χ0n) is 8.41. The second-order valence-corrected chi connectivity index (χ2v) is 6.22.